The smallest absolute Gasteiger partial charge is 0.222 e. The van der Waals surface area contributed by atoms with Crippen LogP contribution in [0.4, 0.5) is 5.82 Å². The van der Waals surface area contributed by atoms with Crippen molar-refractivity contribution < 1.29 is 18.0 Å². The molecule has 9 nitrogen and oxygen atoms in total. The minimum absolute atomic E-state index is 0.0378. The molecule has 2 amide bonds. The third-order valence-electron chi connectivity index (χ3n) is 6.48. The summed E-state index contributed by atoms with van der Waals surface area (Å²) in [6.07, 6.45) is 2.60. The highest BCUT2D eigenvalue weighted by atomic mass is 32.2. The predicted molar refractivity (Wildman–Crippen MR) is 130 cm³/mol. The number of aromatic nitrogens is 1. The van der Waals surface area contributed by atoms with Crippen LogP contribution in [0.15, 0.2) is 48.7 Å². The van der Waals surface area contributed by atoms with Gasteiger partial charge in [-0.3, -0.25) is 9.59 Å². The molecule has 2 aliphatic heterocycles. The zero-order valence-corrected chi connectivity index (χ0v) is 20.2. The van der Waals surface area contributed by atoms with Crippen molar-refractivity contribution in [2.45, 2.75) is 25.8 Å². The molecule has 182 valence electrons. The summed E-state index contributed by atoms with van der Waals surface area (Å²) in [4.78, 5) is 32.9. The second-order valence-corrected chi connectivity index (χ2v) is 10.7. The molecule has 1 fully saturated rings. The Hall–Kier alpha value is -2.98. The molecular weight excluding hydrogens is 454 g/mol. The summed E-state index contributed by atoms with van der Waals surface area (Å²) in [5.74, 6) is 0.360. The maximum Gasteiger partial charge on any atom is 0.222 e. The van der Waals surface area contributed by atoms with Crippen molar-refractivity contribution in [2.24, 2.45) is 0 Å². The van der Waals surface area contributed by atoms with Gasteiger partial charge in [-0.05, 0) is 29.7 Å². The number of pyridine rings is 1. The Kier molecular flexibility index (Phi) is 7.47. The molecule has 1 atom stereocenters. The molecule has 0 radical (unpaired) electrons. The zero-order chi connectivity index (χ0) is 24.1. The molecule has 2 aromatic rings. The molecule has 34 heavy (non-hydrogen) atoms. The normalized spacial score (nSPS) is 18.9. The first kappa shape index (κ1) is 24.2. The lowest BCUT2D eigenvalue weighted by Gasteiger charge is -2.36. The van der Waals surface area contributed by atoms with Crippen LogP contribution in [0, 0.1) is 0 Å². The van der Waals surface area contributed by atoms with E-state index in [-0.39, 0.29) is 36.6 Å². The first-order valence-corrected chi connectivity index (χ1v) is 13.2. The van der Waals surface area contributed by atoms with Crippen molar-refractivity contribution in [3.05, 3.63) is 59.8 Å². The van der Waals surface area contributed by atoms with Gasteiger partial charge in [-0.25, -0.2) is 13.4 Å². The Morgan fingerprint density at radius 3 is 2.47 bits per heavy atom. The van der Waals surface area contributed by atoms with Gasteiger partial charge in [-0.1, -0.05) is 30.3 Å². The van der Waals surface area contributed by atoms with E-state index in [2.05, 4.69) is 15.2 Å². The van der Waals surface area contributed by atoms with E-state index in [1.54, 1.807) is 11.1 Å². The number of sulfonamides is 1. The third kappa shape index (κ3) is 5.56. The molecule has 0 saturated carbocycles. The average molecular weight is 486 g/mol. The number of benzene rings is 1. The van der Waals surface area contributed by atoms with Gasteiger partial charge >= 0.3 is 0 Å². The van der Waals surface area contributed by atoms with Crippen molar-refractivity contribution in [2.75, 3.05) is 49.9 Å². The Labute approximate surface area is 200 Å². The minimum Gasteiger partial charge on any atom is -0.355 e. The molecule has 10 heteroatoms. The maximum absolute atomic E-state index is 12.8. The number of anilines is 1. The fourth-order valence-corrected chi connectivity index (χ4v) is 6.02. The second-order valence-electron chi connectivity index (χ2n) is 8.62. The average Bonchev–Trinajstić information content (AvgIpc) is 2.84. The highest BCUT2D eigenvalue weighted by molar-refractivity contribution is 7.89. The molecule has 0 spiro atoms. The van der Waals surface area contributed by atoms with Crippen LogP contribution >= 0.6 is 0 Å². The van der Waals surface area contributed by atoms with Gasteiger partial charge in [0.05, 0.1) is 18.2 Å². The number of nitrogens with one attached hydrogen (secondary N) is 1. The number of nitrogens with zero attached hydrogens (tertiary/aromatic N) is 4. The monoisotopic (exact) mass is 485 g/mol. The van der Waals surface area contributed by atoms with Gasteiger partial charge in [0.25, 0.3) is 0 Å². The standard InChI is InChI=1S/C24H31N5O4S/c1-19(30)29-12-9-20-6-2-3-7-21(20)22(29)18-24(31)26-11-17-34(32,33)28-15-13-27(14-16-28)23-8-4-5-10-25-23/h2-8,10,22H,9,11-18H2,1H3,(H,26,31). The van der Waals surface area contributed by atoms with Gasteiger partial charge in [-0.15, -0.1) is 0 Å². The van der Waals surface area contributed by atoms with Gasteiger partial charge in [0.2, 0.25) is 21.8 Å². The van der Waals surface area contributed by atoms with Crippen molar-refractivity contribution in [3.63, 3.8) is 0 Å². The van der Waals surface area contributed by atoms with E-state index in [4.69, 9.17) is 0 Å². The molecule has 4 rings (SSSR count). The van der Waals surface area contributed by atoms with E-state index in [1.165, 1.54) is 11.2 Å². The van der Waals surface area contributed by atoms with Gasteiger partial charge < -0.3 is 15.1 Å². The van der Waals surface area contributed by atoms with E-state index < -0.39 is 10.0 Å². The van der Waals surface area contributed by atoms with Gasteiger partial charge in [0.15, 0.2) is 0 Å². The number of carbonyl (C=O) groups excluding carboxylic acids is 2. The molecule has 1 N–H and O–H groups in total. The van der Waals surface area contributed by atoms with E-state index in [1.807, 2.05) is 42.5 Å². The predicted octanol–water partition coefficient (Wildman–Crippen LogP) is 1.19. The van der Waals surface area contributed by atoms with E-state index >= 15 is 0 Å². The Morgan fingerprint density at radius 1 is 1.03 bits per heavy atom. The number of fused-ring (bicyclic) bond motifs is 1. The highest BCUT2D eigenvalue weighted by Gasteiger charge is 2.31. The fraction of sp³-hybridized carbons (Fsp3) is 0.458. The largest absolute Gasteiger partial charge is 0.355 e. The first-order chi connectivity index (χ1) is 16.3. The van der Waals surface area contributed by atoms with E-state index in [0.29, 0.717) is 32.7 Å². The summed E-state index contributed by atoms with van der Waals surface area (Å²) in [6, 6.07) is 13.2. The van der Waals surface area contributed by atoms with Crippen LogP contribution in [-0.2, 0) is 26.0 Å². The number of piperazine rings is 1. The Morgan fingerprint density at radius 2 is 1.76 bits per heavy atom. The molecule has 2 aliphatic rings. The number of hydrogen-bond donors (Lipinski definition) is 1. The van der Waals surface area contributed by atoms with Crippen molar-refractivity contribution in [3.8, 4) is 0 Å². The molecule has 1 unspecified atom stereocenters. The van der Waals surface area contributed by atoms with Crippen LogP contribution in [0.25, 0.3) is 0 Å². The van der Waals surface area contributed by atoms with Crippen LogP contribution in [0.3, 0.4) is 0 Å². The first-order valence-electron chi connectivity index (χ1n) is 11.6. The minimum atomic E-state index is -3.48. The molecule has 1 aromatic carbocycles. The fourth-order valence-electron chi connectivity index (χ4n) is 4.68. The van der Waals surface area contributed by atoms with Gasteiger partial charge in [0, 0.05) is 52.4 Å². The lowest BCUT2D eigenvalue weighted by Crippen LogP contribution is -2.50. The molecule has 0 aliphatic carbocycles. The number of hydrogen-bond acceptors (Lipinski definition) is 6. The van der Waals surface area contributed by atoms with Gasteiger partial charge in [-0.2, -0.15) is 4.31 Å². The van der Waals surface area contributed by atoms with Crippen molar-refractivity contribution in [1.29, 1.82) is 0 Å². The summed E-state index contributed by atoms with van der Waals surface area (Å²) in [6.45, 7) is 4.05. The second kappa shape index (κ2) is 10.5. The van der Waals surface area contributed by atoms with Gasteiger partial charge in [0.1, 0.15) is 5.82 Å². The molecule has 0 bridgehead atoms. The summed E-state index contributed by atoms with van der Waals surface area (Å²) in [7, 11) is -3.48. The lowest BCUT2D eigenvalue weighted by molar-refractivity contribution is -0.133. The molecule has 3 heterocycles. The van der Waals surface area contributed by atoms with E-state index in [0.717, 1.165) is 23.4 Å². The topological polar surface area (TPSA) is 103 Å². The molecule has 1 aromatic heterocycles. The summed E-state index contributed by atoms with van der Waals surface area (Å²) >= 11 is 0. The van der Waals surface area contributed by atoms with Crippen LogP contribution < -0.4 is 10.2 Å². The zero-order valence-electron chi connectivity index (χ0n) is 19.4. The van der Waals surface area contributed by atoms with Crippen LogP contribution in [-0.4, -0.2) is 79.4 Å². The number of amides is 2. The van der Waals surface area contributed by atoms with Crippen LogP contribution in [0.5, 0.6) is 0 Å². The van der Waals surface area contributed by atoms with Crippen LogP contribution in [0.2, 0.25) is 0 Å². The van der Waals surface area contributed by atoms with Crippen LogP contribution in [0.1, 0.15) is 30.5 Å². The molecular formula is C24H31N5O4S. The Balaban J connectivity index is 1.28. The number of rotatable bonds is 7. The third-order valence-corrected chi connectivity index (χ3v) is 8.36. The maximum atomic E-state index is 12.8. The highest BCUT2D eigenvalue weighted by Crippen LogP contribution is 2.32. The Bertz CT molecular complexity index is 1120. The summed E-state index contributed by atoms with van der Waals surface area (Å²) in [5.41, 5.74) is 2.13. The number of carbonyl (C=O) groups is 2. The van der Waals surface area contributed by atoms with E-state index in [9.17, 15) is 18.0 Å². The quantitative estimate of drug-likeness (QED) is 0.632. The van der Waals surface area contributed by atoms with Crippen molar-refractivity contribution in [1.82, 2.24) is 19.5 Å². The van der Waals surface area contributed by atoms with Crippen molar-refractivity contribution >= 4 is 27.7 Å². The summed E-state index contributed by atoms with van der Waals surface area (Å²) in [5, 5.41) is 2.75. The summed E-state index contributed by atoms with van der Waals surface area (Å²) < 4.78 is 27.1. The lowest BCUT2D eigenvalue weighted by atomic mass is 9.90. The molecule has 1 saturated heterocycles. The SMILES string of the molecule is CC(=O)N1CCc2ccccc2C1CC(=O)NCCS(=O)(=O)N1CCN(c2ccccn2)CC1.